The summed E-state index contributed by atoms with van der Waals surface area (Å²) < 4.78 is 27.3. The van der Waals surface area contributed by atoms with Crippen LogP contribution in [-0.2, 0) is 16.6 Å². The summed E-state index contributed by atoms with van der Waals surface area (Å²) in [6, 6.07) is 12.5. The molecule has 0 aromatic heterocycles. The van der Waals surface area contributed by atoms with Crippen LogP contribution in [0.1, 0.15) is 11.1 Å². The van der Waals surface area contributed by atoms with Gasteiger partial charge in [-0.3, -0.25) is 0 Å². The van der Waals surface area contributed by atoms with Crippen LogP contribution in [0.15, 0.2) is 51.8 Å². The number of benzene rings is 2. The first-order valence-corrected chi connectivity index (χ1v) is 8.89. The Morgan fingerprint density at radius 3 is 2.48 bits per heavy atom. The summed E-state index contributed by atoms with van der Waals surface area (Å²) in [6.45, 7) is 2.27. The Bertz CT molecular complexity index is 762. The smallest absolute Gasteiger partial charge is 0.207 e. The second-order valence-electron chi connectivity index (χ2n) is 4.76. The van der Waals surface area contributed by atoms with Crippen molar-refractivity contribution in [1.29, 1.82) is 0 Å². The minimum absolute atomic E-state index is 0.114. The van der Waals surface area contributed by atoms with Crippen molar-refractivity contribution in [3.05, 3.63) is 63.1 Å². The Labute approximate surface area is 138 Å². The van der Waals surface area contributed by atoms with Gasteiger partial charge in [-0.15, -0.1) is 0 Å². The molecule has 0 fully saturated rings. The lowest BCUT2D eigenvalue weighted by molar-refractivity contribution is 0.466. The van der Waals surface area contributed by atoms with E-state index in [1.165, 1.54) is 10.4 Å². The fraction of sp³-hybridized carbons (Fsp3) is 0.200. The highest BCUT2D eigenvalue weighted by Crippen LogP contribution is 2.28. The molecule has 0 unspecified atom stereocenters. The number of rotatable bonds is 4. The predicted octanol–water partition coefficient (Wildman–Crippen LogP) is 4.23. The lowest BCUT2D eigenvalue weighted by atomic mass is 10.1. The molecule has 2 aromatic rings. The summed E-state index contributed by atoms with van der Waals surface area (Å²) in [5.41, 5.74) is 2.03. The van der Waals surface area contributed by atoms with E-state index >= 15 is 0 Å². The Kier molecular flexibility index (Phi) is 5.09. The molecule has 2 aromatic carbocycles. The number of nitrogens with zero attached hydrogens (tertiary/aromatic N) is 1. The zero-order chi connectivity index (χ0) is 15.6. The standard InChI is InChI=1S/C15H15BrClNO2S/c1-11-5-3-4-6-12(11)10-18(2)21(19,20)15-8-7-13(16)9-14(15)17/h3-9H,10H2,1-2H3. The lowest BCUT2D eigenvalue weighted by Gasteiger charge is -2.19. The fourth-order valence-corrected chi connectivity index (χ4v) is 4.12. The van der Waals surface area contributed by atoms with Gasteiger partial charge in [0, 0.05) is 18.1 Å². The number of hydrogen-bond donors (Lipinski definition) is 0. The Morgan fingerprint density at radius 1 is 1.19 bits per heavy atom. The van der Waals surface area contributed by atoms with Crippen LogP contribution in [0.4, 0.5) is 0 Å². The topological polar surface area (TPSA) is 37.4 Å². The van der Waals surface area contributed by atoms with Crippen LogP contribution in [0.5, 0.6) is 0 Å². The van der Waals surface area contributed by atoms with E-state index in [1.807, 2.05) is 31.2 Å². The lowest BCUT2D eigenvalue weighted by Crippen LogP contribution is -2.27. The maximum Gasteiger partial charge on any atom is 0.244 e. The molecule has 0 bridgehead atoms. The van der Waals surface area contributed by atoms with E-state index in [-0.39, 0.29) is 9.92 Å². The fourth-order valence-electron chi connectivity index (χ4n) is 1.96. The van der Waals surface area contributed by atoms with Crippen LogP contribution >= 0.6 is 27.5 Å². The average molecular weight is 389 g/mol. The molecule has 0 saturated heterocycles. The molecule has 0 saturated carbocycles. The van der Waals surface area contributed by atoms with Crippen molar-refractivity contribution in [2.24, 2.45) is 0 Å². The molecular formula is C15H15BrClNO2S. The van der Waals surface area contributed by atoms with E-state index in [2.05, 4.69) is 15.9 Å². The van der Waals surface area contributed by atoms with Gasteiger partial charge in [0.15, 0.2) is 0 Å². The summed E-state index contributed by atoms with van der Waals surface area (Å²) in [5.74, 6) is 0. The van der Waals surface area contributed by atoms with E-state index in [9.17, 15) is 8.42 Å². The van der Waals surface area contributed by atoms with Gasteiger partial charge >= 0.3 is 0 Å². The van der Waals surface area contributed by atoms with Gasteiger partial charge in [0.1, 0.15) is 4.90 Å². The van der Waals surface area contributed by atoms with Crippen LogP contribution < -0.4 is 0 Å². The molecule has 112 valence electrons. The summed E-state index contributed by atoms with van der Waals surface area (Å²) in [7, 11) is -2.07. The number of hydrogen-bond acceptors (Lipinski definition) is 2. The van der Waals surface area contributed by atoms with Gasteiger partial charge in [0.2, 0.25) is 10.0 Å². The van der Waals surface area contributed by atoms with E-state index in [4.69, 9.17) is 11.6 Å². The predicted molar refractivity (Wildman–Crippen MR) is 89.0 cm³/mol. The molecule has 0 spiro atoms. The Hall–Kier alpha value is -0.880. The van der Waals surface area contributed by atoms with Crippen molar-refractivity contribution < 1.29 is 8.42 Å². The van der Waals surface area contributed by atoms with Gasteiger partial charge in [-0.25, -0.2) is 8.42 Å². The molecule has 0 heterocycles. The van der Waals surface area contributed by atoms with Crippen LogP contribution in [0.2, 0.25) is 5.02 Å². The van der Waals surface area contributed by atoms with E-state index in [0.29, 0.717) is 6.54 Å². The third-order valence-corrected chi connectivity index (χ3v) is 6.02. The quantitative estimate of drug-likeness (QED) is 0.786. The number of aryl methyl sites for hydroxylation is 1. The minimum Gasteiger partial charge on any atom is -0.207 e. The number of halogens is 2. The first-order valence-electron chi connectivity index (χ1n) is 6.28. The Morgan fingerprint density at radius 2 is 1.86 bits per heavy atom. The molecule has 0 atom stereocenters. The highest BCUT2D eigenvalue weighted by atomic mass is 79.9. The molecule has 0 aliphatic rings. The highest BCUT2D eigenvalue weighted by molar-refractivity contribution is 9.10. The maximum atomic E-state index is 12.6. The molecule has 0 radical (unpaired) electrons. The second kappa shape index (κ2) is 6.48. The van der Waals surface area contributed by atoms with Crippen LogP contribution in [0.3, 0.4) is 0 Å². The van der Waals surface area contributed by atoms with Crippen LogP contribution in [0.25, 0.3) is 0 Å². The summed E-state index contributed by atoms with van der Waals surface area (Å²) in [4.78, 5) is 0.114. The van der Waals surface area contributed by atoms with Gasteiger partial charge in [0.25, 0.3) is 0 Å². The third kappa shape index (κ3) is 3.66. The molecule has 0 aliphatic heterocycles. The first kappa shape index (κ1) is 16.5. The molecule has 21 heavy (non-hydrogen) atoms. The van der Waals surface area contributed by atoms with E-state index in [0.717, 1.165) is 15.6 Å². The van der Waals surface area contributed by atoms with E-state index < -0.39 is 10.0 Å². The molecule has 0 amide bonds. The largest absolute Gasteiger partial charge is 0.244 e. The van der Waals surface area contributed by atoms with E-state index in [1.54, 1.807) is 19.2 Å². The SMILES string of the molecule is Cc1ccccc1CN(C)S(=O)(=O)c1ccc(Br)cc1Cl. The zero-order valence-electron chi connectivity index (χ0n) is 11.7. The van der Waals surface area contributed by atoms with Gasteiger partial charge in [-0.2, -0.15) is 4.31 Å². The highest BCUT2D eigenvalue weighted by Gasteiger charge is 2.24. The molecular weight excluding hydrogens is 374 g/mol. The molecule has 0 aliphatic carbocycles. The summed E-state index contributed by atoms with van der Waals surface area (Å²) >= 11 is 9.33. The Balaban J connectivity index is 2.33. The maximum absolute atomic E-state index is 12.6. The minimum atomic E-state index is -3.62. The van der Waals surface area contributed by atoms with Crippen molar-refractivity contribution in [3.63, 3.8) is 0 Å². The normalized spacial score (nSPS) is 11.9. The van der Waals surface area contributed by atoms with Crippen molar-refractivity contribution in [2.45, 2.75) is 18.4 Å². The first-order chi connectivity index (χ1) is 9.82. The molecule has 3 nitrogen and oxygen atoms in total. The van der Waals surface area contributed by atoms with Crippen molar-refractivity contribution >= 4 is 37.6 Å². The van der Waals surface area contributed by atoms with Crippen molar-refractivity contribution in [1.82, 2.24) is 4.31 Å². The van der Waals surface area contributed by atoms with Crippen molar-refractivity contribution in [3.8, 4) is 0 Å². The van der Waals surface area contributed by atoms with Gasteiger partial charge in [-0.05, 0) is 36.2 Å². The van der Waals surface area contributed by atoms with Gasteiger partial charge in [-0.1, -0.05) is 51.8 Å². The average Bonchev–Trinajstić information content (AvgIpc) is 2.40. The summed E-state index contributed by atoms with van der Waals surface area (Å²) in [6.07, 6.45) is 0. The van der Waals surface area contributed by atoms with Gasteiger partial charge in [0.05, 0.1) is 5.02 Å². The van der Waals surface area contributed by atoms with Crippen LogP contribution in [-0.4, -0.2) is 19.8 Å². The second-order valence-corrected chi connectivity index (χ2v) is 8.10. The van der Waals surface area contributed by atoms with Crippen LogP contribution in [0, 0.1) is 6.92 Å². The van der Waals surface area contributed by atoms with Crippen molar-refractivity contribution in [2.75, 3.05) is 7.05 Å². The monoisotopic (exact) mass is 387 g/mol. The molecule has 6 heteroatoms. The summed E-state index contributed by atoms with van der Waals surface area (Å²) in [5, 5.41) is 0.209. The number of sulfonamides is 1. The molecule has 0 N–H and O–H groups in total. The van der Waals surface area contributed by atoms with Gasteiger partial charge < -0.3 is 0 Å². The zero-order valence-corrected chi connectivity index (χ0v) is 14.8. The molecule has 2 rings (SSSR count). The third-order valence-electron chi connectivity index (χ3n) is 3.24.